The fourth-order valence-corrected chi connectivity index (χ4v) is 2.02. The second-order valence-electron chi connectivity index (χ2n) is 4.65. The third-order valence-corrected chi connectivity index (χ3v) is 3.08. The zero-order chi connectivity index (χ0) is 14.1. The molecule has 0 spiro atoms. The number of benzene rings is 1. The highest BCUT2D eigenvalue weighted by atomic mass is 35.5. The molecule has 0 saturated heterocycles. The zero-order valence-corrected chi connectivity index (χ0v) is 12.4. The van der Waals surface area contributed by atoms with Crippen LogP contribution in [0.5, 0.6) is 0 Å². The molecule has 0 saturated carbocycles. The van der Waals surface area contributed by atoms with Crippen molar-refractivity contribution in [1.29, 1.82) is 0 Å². The molecule has 21 heavy (non-hydrogen) atoms. The maximum absolute atomic E-state index is 13.3. The highest BCUT2D eigenvalue weighted by molar-refractivity contribution is 5.90. The van der Waals surface area contributed by atoms with Gasteiger partial charge in [-0.05, 0) is 43.7 Å². The maximum Gasteiger partial charge on any atom is 0.141 e. The first kappa shape index (κ1) is 15.1. The summed E-state index contributed by atoms with van der Waals surface area (Å²) >= 11 is 0. The predicted octanol–water partition coefficient (Wildman–Crippen LogP) is 3.95. The van der Waals surface area contributed by atoms with E-state index in [1.165, 1.54) is 12.4 Å². The van der Waals surface area contributed by atoms with Gasteiger partial charge >= 0.3 is 0 Å². The Morgan fingerprint density at radius 1 is 1.05 bits per heavy atom. The van der Waals surface area contributed by atoms with Crippen LogP contribution in [0.2, 0.25) is 0 Å². The molecule has 2 aromatic heterocycles. The number of halogens is 2. The highest BCUT2D eigenvalue weighted by Gasteiger charge is 2.06. The standard InChI is InChI=1S/C15H13FN4.ClH/c1-9-5-11(3-4-13(9)16)20-15-12-6-10(2)17-7-14(12)18-8-19-15;/h3-8H,1-2H3,(H,18,19,20);1H. The van der Waals surface area contributed by atoms with Gasteiger partial charge in [0, 0.05) is 16.8 Å². The summed E-state index contributed by atoms with van der Waals surface area (Å²) in [6, 6.07) is 6.80. The highest BCUT2D eigenvalue weighted by Crippen LogP contribution is 2.24. The number of rotatable bonds is 2. The first-order valence-electron chi connectivity index (χ1n) is 6.24. The first-order valence-corrected chi connectivity index (χ1v) is 6.24. The molecule has 2 heterocycles. The van der Waals surface area contributed by atoms with Gasteiger partial charge in [-0.15, -0.1) is 12.4 Å². The van der Waals surface area contributed by atoms with Gasteiger partial charge in [-0.2, -0.15) is 0 Å². The van der Waals surface area contributed by atoms with E-state index in [9.17, 15) is 4.39 Å². The van der Waals surface area contributed by atoms with Crippen molar-refractivity contribution in [2.75, 3.05) is 5.32 Å². The van der Waals surface area contributed by atoms with E-state index < -0.39 is 0 Å². The summed E-state index contributed by atoms with van der Waals surface area (Å²) in [5.41, 5.74) is 3.04. The minimum Gasteiger partial charge on any atom is -0.340 e. The van der Waals surface area contributed by atoms with Crippen LogP contribution < -0.4 is 5.32 Å². The Morgan fingerprint density at radius 2 is 1.86 bits per heavy atom. The Morgan fingerprint density at radius 3 is 2.62 bits per heavy atom. The van der Waals surface area contributed by atoms with Crippen molar-refractivity contribution >= 4 is 34.8 Å². The normalized spacial score (nSPS) is 10.2. The lowest BCUT2D eigenvalue weighted by atomic mass is 10.2. The number of aryl methyl sites for hydroxylation is 2. The molecular formula is C15H14ClFN4. The summed E-state index contributed by atoms with van der Waals surface area (Å²) in [5, 5.41) is 4.09. The van der Waals surface area contributed by atoms with E-state index in [0.29, 0.717) is 11.4 Å². The van der Waals surface area contributed by atoms with Crippen LogP contribution in [0, 0.1) is 19.7 Å². The van der Waals surface area contributed by atoms with Gasteiger partial charge in [-0.25, -0.2) is 14.4 Å². The molecule has 0 unspecified atom stereocenters. The number of nitrogens with one attached hydrogen (secondary N) is 1. The van der Waals surface area contributed by atoms with Gasteiger partial charge in [0.15, 0.2) is 0 Å². The van der Waals surface area contributed by atoms with Crippen molar-refractivity contribution in [3.63, 3.8) is 0 Å². The molecule has 1 aromatic carbocycles. The smallest absolute Gasteiger partial charge is 0.141 e. The monoisotopic (exact) mass is 304 g/mol. The van der Waals surface area contributed by atoms with Gasteiger partial charge in [0.05, 0.1) is 11.7 Å². The molecule has 3 aromatic rings. The fraction of sp³-hybridized carbons (Fsp3) is 0.133. The van der Waals surface area contributed by atoms with Gasteiger partial charge in [-0.3, -0.25) is 4.98 Å². The van der Waals surface area contributed by atoms with Crippen LogP contribution in [0.4, 0.5) is 15.9 Å². The number of nitrogens with zero attached hydrogens (tertiary/aromatic N) is 3. The number of hydrogen-bond acceptors (Lipinski definition) is 4. The van der Waals surface area contributed by atoms with Gasteiger partial charge in [-0.1, -0.05) is 0 Å². The van der Waals surface area contributed by atoms with E-state index in [2.05, 4.69) is 20.3 Å². The van der Waals surface area contributed by atoms with Gasteiger partial charge < -0.3 is 5.32 Å². The number of anilines is 2. The minimum absolute atomic E-state index is 0. The van der Waals surface area contributed by atoms with Crippen molar-refractivity contribution in [1.82, 2.24) is 15.0 Å². The molecule has 0 amide bonds. The second-order valence-corrected chi connectivity index (χ2v) is 4.65. The molecule has 4 nitrogen and oxygen atoms in total. The van der Waals surface area contributed by atoms with E-state index in [1.807, 2.05) is 13.0 Å². The Hall–Kier alpha value is -2.27. The molecule has 0 atom stereocenters. The average Bonchev–Trinajstić information content (AvgIpc) is 2.44. The van der Waals surface area contributed by atoms with Gasteiger partial charge in [0.2, 0.25) is 0 Å². The summed E-state index contributed by atoms with van der Waals surface area (Å²) in [4.78, 5) is 12.6. The molecule has 0 bridgehead atoms. The molecule has 0 aliphatic rings. The molecule has 0 radical (unpaired) electrons. The van der Waals surface area contributed by atoms with Gasteiger partial charge in [0.25, 0.3) is 0 Å². The third kappa shape index (κ3) is 3.08. The van der Waals surface area contributed by atoms with E-state index in [4.69, 9.17) is 0 Å². The molecule has 0 aliphatic heterocycles. The quantitative estimate of drug-likeness (QED) is 0.779. The van der Waals surface area contributed by atoms with E-state index in [-0.39, 0.29) is 18.2 Å². The largest absolute Gasteiger partial charge is 0.340 e. The molecule has 0 fully saturated rings. The number of fused-ring (bicyclic) bond motifs is 1. The molecule has 6 heteroatoms. The second kappa shape index (κ2) is 6.01. The Labute approximate surface area is 127 Å². The first-order chi connectivity index (χ1) is 9.63. The number of hydrogen-bond donors (Lipinski definition) is 1. The molecule has 108 valence electrons. The molecule has 0 aliphatic carbocycles. The van der Waals surface area contributed by atoms with Crippen molar-refractivity contribution in [2.24, 2.45) is 0 Å². The summed E-state index contributed by atoms with van der Waals surface area (Å²) in [6.07, 6.45) is 3.20. The number of aromatic nitrogens is 3. The van der Waals surface area contributed by atoms with Gasteiger partial charge in [0.1, 0.15) is 18.0 Å². The van der Waals surface area contributed by atoms with Crippen LogP contribution in [0.3, 0.4) is 0 Å². The number of pyridine rings is 1. The topological polar surface area (TPSA) is 50.7 Å². The summed E-state index contributed by atoms with van der Waals surface area (Å²) < 4.78 is 13.3. The third-order valence-electron chi connectivity index (χ3n) is 3.08. The van der Waals surface area contributed by atoms with E-state index in [1.54, 1.807) is 25.3 Å². The van der Waals surface area contributed by atoms with Crippen LogP contribution in [0.25, 0.3) is 10.9 Å². The van der Waals surface area contributed by atoms with Crippen molar-refractivity contribution in [2.45, 2.75) is 13.8 Å². The molecule has 1 N–H and O–H groups in total. The summed E-state index contributed by atoms with van der Waals surface area (Å²) in [6.45, 7) is 3.64. The van der Waals surface area contributed by atoms with E-state index in [0.717, 1.165) is 22.3 Å². The lowest BCUT2D eigenvalue weighted by molar-refractivity contribution is 0.619. The predicted molar refractivity (Wildman–Crippen MR) is 83.7 cm³/mol. The lowest BCUT2D eigenvalue weighted by Crippen LogP contribution is -1.97. The molecule has 3 rings (SSSR count). The van der Waals surface area contributed by atoms with Crippen LogP contribution in [0.1, 0.15) is 11.3 Å². The van der Waals surface area contributed by atoms with Crippen molar-refractivity contribution < 1.29 is 4.39 Å². The van der Waals surface area contributed by atoms with Crippen LogP contribution in [-0.2, 0) is 0 Å². The van der Waals surface area contributed by atoms with Crippen LogP contribution >= 0.6 is 12.4 Å². The Bertz CT molecular complexity index is 792. The van der Waals surface area contributed by atoms with E-state index >= 15 is 0 Å². The fourth-order valence-electron chi connectivity index (χ4n) is 2.02. The summed E-state index contributed by atoms with van der Waals surface area (Å²) in [5.74, 6) is 0.467. The van der Waals surface area contributed by atoms with Crippen LogP contribution in [0.15, 0.2) is 36.8 Å². The van der Waals surface area contributed by atoms with Crippen molar-refractivity contribution in [3.8, 4) is 0 Å². The Kier molecular flexibility index (Phi) is 4.33. The Balaban J connectivity index is 0.00000161. The zero-order valence-electron chi connectivity index (χ0n) is 11.6. The maximum atomic E-state index is 13.3. The minimum atomic E-state index is -0.219. The van der Waals surface area contributed by atoms with Crippen molar-refractivity contribution in [3.05, 3.63) is 53.9 Å². The molecular weight excluding hydrogens is 291 g/mol. The average molecular weight is 305 g/mol. The summed E-state index contributed by atoms with van der Waals surface area (Å²) in [7, 11) is 0. The van der Waals surface area contributed by atoms with Crippen LogP contribution in [-0.4, -0.2) is 15.0 Å². The lowest BCUT2D eigenvalue weighted by Gasteiger charge is -2.09. The SMILES string of the molecule is Cc1cc2c(Nc3ccc(F)c(C)c3)ncnc2cn1.Cl.